The van der Waals surface area contributed by atoms with E-state index in [-0.39, 0.29) is 0 Å². The third kappa shape index (κ3) is 4.03. The second-order valence-corrected chi connectivity index (χ2v) is 6.67. The summed E-state index contributed by atoms with van der Waals surface area (Å²) in [6, 6.07) is 16.6. The van der Waals surface area contributed by atoms with Crippen molar-refractivity contribution in [3.63, 3.8) is 0 Å². The average molecular weight is 362 g/mol. The van der Waals surface area contributed by atoms with Crippen molar-refractivity contribution < 1.29 is 0 Å². The van der Waals surface area contributed by atoms with Gasteiger partial charge in [-0.25, -0.2) is 4.98 Å². The zero-order valence-electron chi connectivity index (χ0n) is 11.5. The Morgan fingerprint density at radius 2 is 1.95 bits per heavy atom. The molecule has 0 aliphatic rings. The summed E-state index contributed by atoms with van der Waals surface area (Å²) in [7, 11) is 0. The van der Waals surface area contributed by atoms with Gasteiger partial charge in [0, 0.05) is 24.1 Å². The third-order valence-corrected chi connectivity index (χ3v) is 4.58. The molecule has 0 fully saturated rings. The second-order valence-electron chi connectivity index (χ2n) is 4.72. The van der Waals surface area contributed by atoms with Crippen LogP contribution in [0.2, 0.25) is 0 Å². The lowest BCUT2D eigenvalue weighted by Crippen LogP contribution is -2.21. The van der Waals surface area contributed by atoms with Gasteiger partial charge in [0.2, 0.25) is 0 Å². The molecule has 5 heteroatoms. The molecule has 0 aliphatic heterocycles. The topological polar surface area (TPSA) is 37.0 Å². The molecule has 0 bridgehead atoms. The smallest absolute Gasteiger partial charge is 0.183 e. The molecule has 3 aromatic rings. The SMILES string of the molecule is Brc1cccc(CNCCNc2nc3ccccc3s2)c1. The molecule has 0 aliphatic carbocycles. The average Bonchev–Trinajstić information content (AvgIpc) is 2.89. The molecule has 0 saturated carbocycles. The summed E-state index contributed by atoms with van der Waals surface area (Å²) in [5.74, 6) is 0. The van der Waals surface area contributed by atoms with E-state index in [1.54, 1.807) is 11.3 Å². The van der Waals surface area contributed by atoms with Gasteiger partial charge in [-0.1, -0.05) is 51.5 Å². The number of benzene rings is 2. The third-order valence-electron chi connectivity index (χ3n) is 3.09. The van der Waals surface area contributed by atoms with Crippen molar-refractivity contribution in [2.24, 2.45) is 0 Å². The standard InChI is InChI=1S/C16H16BrN3S/c17-13-5-3-4-12(10-13)11-18-8-9-19-16-20-14-6-1-2-7-15(14)21-16/h1-7,10,18H,8-9,11H2,(H,19,20). The summed E-state index contributed by atoms with van der Waals surface area (Å²) < 4.78 is 2.34. The number of hydrogen-bond donors (Lipinski definition) is 2. The van der Waals surface area contributed by atoms with Crippen molar-refractivity contribution in [2.75, 3.05) is 18.4 Å². The number of rotatable bonds is 6. The Kier molecular flexibility index (Phi) is 4.85. The summed E-state index contributed by atoms with van der Waals surface area (Å²) in [5, 5.41) is 7.78. The number of fused-ring (bicyclic) bond motifs is 1. The Hall–Kier alpha value is -1.43. The first-order valence-electron chi connectivity index (χ1n) is 6.86. The highest BCUT2D eigenvalue weighted by Gasteiger charge is 2.01. The summed E-state index contributed by atoms with van der Waals surface area (Å²) in [6.07, 6.45) is 0. The molecule has 2 aromatic carbocycles. The summed E-state index contributed by atoms with van der Waals surface area (Å²) in [4.78, 5) is 4.55. The molecular formula is C16H16BrN3S. The lowest BCUT2D eigenvalue weighted by atomic mass is 10.2. The Labute approximate surface area is 136 Å². The minimum Gasteiger partial charge on any atom is -0.360 e. The van der Waals surface area contributed by atoms with Crippen LogP contribution in [-0.2, 0) is 6.54 Å². The molecular weight excluding hydrogens is 346 g/mol. The lowest BCUT2D eigenvalue weighted by molar-refractivity contribution is 0.706. The molecule has 21 heavy (non-hydrogen) atoms. The largest absolute Gasteiger partial charge is 0.360 e. The van der Waals surface area contributed by atoms with Gasteiger partial charge in [0.1, 0.15) is 0 Å². The van der Waals surface area contributed by atoms with Crippen LogP contribution in [0.4, 0.5) is 5.13 Å². The number of aromatic nitrogens is 1. The Balaban J connectivity index is 1.44. The van der Waals surface area contributed by atoms with Crippen LogP contribution in [0, 0.1) is 0 Å². The van der Waals surface area contributed by atoms with Crippen molar-refractivity contribution in [1.82, 2.24) is 10.3 Å². The van der Waals surface area contributed by atoms with E-state index < -0.39 is 0 Å². The fraction of sp³-hybridized carbons (Fsp3) is 0.188. The van der Waals surface area contributed by atoms with E-state index >= 15 is 0 Å². The molecule has 0 unspecified atom stereocenters. The Bertz CT molecular complexity index is 693. The van der Waals surface area contributed by atoms with E-state index in [2.05, 4.69) is 55.8 Å². The minimum absolute atomic E-state index is 0.869. The van der Waals surface area contributed by atoms with Crippen molar-refractivity contribution in [1.29, 1.82) is 0 Å². The first-order chi connectivity index (χ1) is 10.3. The van der Waals surface area contributed by atoms with Crippen molar-refractivity contribution in [3.05, 3.63) is 58.6 Å². The normalized spacial score (nSPS) is 10.9. The first kappa shape index (κ1) is 14.5. The van der Waals surface area contributed by atoms with Gasteiger partial charge in [-0.05, 0) is 29.8 Å². The monoisotopic (exact) mass is 361 g/mol. The van der Waals surface area contributed by atoms with Crippen LogP contribution in [0.5, 0.6) is 0 Å². The molecule has 3 nitrogen and oxygen atoms in total. The predicted octanol–water partition coefficient (Wildman–Crippen LogP) is 4.26. The molecule has 0 atom stereocenters. The van der Waals surface area contributed by atoms with E-state index in [9.17, 15) is 0 Å². The number of thiazole rings is 1. The van der Waals surface area contributed by atoms with E-state index in [1.165, 1.54) is 10.3 Å². The molecule has 2 N–H and O–H groups in total. The van der Waals surface area contributed by atoms with Crippen LogP contribution in [0.25, 0.3) is 10.2 Å². The summed E-state index contributed by atoms with van der Waals surface area (Å²) >= 11 is 5.18. The number of anilines is 1. The van der Waals surface area contributed by atoms with Crippen LogP contribution in [0.15, 0.2) is 53.0 Å². The van der Waals surface area contributed by atoms with Gasteiger partial charge in [0.15, 0.2) is 5.13 Å². The second kappa shape index (κ2) is 7.02. The molecule has 0 spiro atoms. The maximum atomic E-state index is 4.55. The molecule has 0 amide bonds. The fourth-order valence-corrected chi connectivity index (χ4v) is 3.42. The molecule has 0 radical (unpaired) electrons. The molecule has 1 heterocycles. The highest BCUT2D eigenvalue weighted by atomic mass is 79.9. The van der Waals surface area contributed by atoms with Gasteiger partial charge in [0.05, 0.1) is 10.2 Å². The molecule has 3 rings (SSSR count). The summed E-state index contributed by atoms with van der Waals surface area (Å²) in [6.45, 7) is 2.65. The zero-order chi connectivity index (χ0) is 14.5. The van der Waals surface area contributed by atoms with E-state index in [0.29, 0.717) is 0 Å². The zero-order valence-corrected chi connectivity index (χ0v) is 13.9. The van der Waals surface area contributed by atoms with Crippen LogP contribution in [0.1, 0.15) is 5.56 Å². The quantitative estimate of drug-likeness (QED) is 0.644. The van der Waals surface area contributed by atoms with Crippen molar-refractivity contribution >= 4 is 42.6 Å². The van der Waals surface area contributed by atoms with Crippen LogP contribution in [-0.4, -0.2) is 18.1 Å². The summed E-state index contributed by atoms with van der Waals surface area (Å²) in [5.41, 5.74) is 2.34. The number of hydrogen-bond acceptors (Lipinski definition) is 4. The molecule has 0 saturated heterocycles. The maximum Gasteiger partial charge on any atom is 0.183 e. The van der Waals surface area contributed by atoms with Gasteiger partial charge in [-0.3, -0.25) is 0 Å². The lowest BCUT2D eigenvalue weighted by Gasteiger charge is -2.06. The maximum absolute atomic E-state index is 4.55. The number of para-hydroxylation sites is 1. The minimum atomic E-state index is 0.869. The van der Waals surface area contributed by atoms with Crippen LogP contribution < -0.4 is 10.6 Å². The number of halogens is 1. The van der Waals surface area contributed by atoms with Gasteiger partial charge in [0.25, 0.3) is 0 Å². The van der Waals surface area contributed by atoms with E-state index in [0.717, 1.165) is 34.8 Å². The van der Waals surface area contributed by atoms with Gasteiger partial charge in [-0.15, -0.1) is 0 Å². The van der Waals surface area contributed by atoms with E-state index in [4.69, 9.17) is 0 Å². The fourth-order valence-electron chi connectivity index (χ4n) is 2.09. The van der Waals surface area contributed by atoms with Gasteiger partial charge in [-0.2, -0.15) is 0 Å². The van der Waals surface area contributed by atoms with E-state index in [1.807, 2.05) is 24.3 Å². The van der Waals surface area contributed by atoms with Crippen LogP contribution >= 0.6 is 27.3 Å². The van der Waals surface area contributed by atoms with Crippen LogP contribution in [0.3, 0.4) is 0 Å². The molecule has 108 valence electrons. The Morgan fingerprint density at radius 1 is 1.05 bits per heavy atom. The Morgan fingerprint density at radius 3 is 2.81 bits per heavy atom. The van der Waals surface area contributed by atoms with Gasteiger partial charge >= 0.3 is 0 Å². The highest BCUT2D eigenvalue weighted by Crippen LogP contribution is 2.24. The highest BCUT2D eigenvalue weighted by molar-refractivity contribution is 9.10. The predicted molar refractivity (Wildman–Crippen MR) is 94.0 cm³/mol. The molecule has 1 aromatic heterocycles. The number of nitrogens with zero attached hydrogens (tertiary/aromatic N) is 1. The van der Waals surface area contributed by atoms with Crippen molar-refractivity contribution in [3.8, 4) is 0 Å². The number of nitrogens with one attached hydrogen (secondary N) is 2. The van der Waals surface area contributed by atoms with Crippen molar-refractivity contribution in [2.45, 2.75) is 6.54 Å². The van der Waals surface area contributed by atoms with Gasteiger partial charge < -0.3 is 10.6 Å². The first-order valence-corrected chi connectivity index (χ1v) is 8.47.